The van der Waals surface area contributed by atoms with Gasteiger partial charge in [-0.05, 0) is 40.8 Å². The lowest BCUT2D eigenvalue weighted by molar-refractivity contribution is 0.242. The summed E-state index contributed by atoms with van der Waals surface area (Å²) in [6, 6.07) is 52.5. The van der Waals surface area contributed by atoms with Gasteiger partial charge in [0.25, 0.3) is 0 Å². The minimum atomic E-state index is -6.00. The highest BCUT2D eigenvalue weighted by Gasteiger charge is 2.27. The monoisotopic (exact) mass is 672 g/mol. The Balaban J connectivity index is 0.000000808. The Kier molecular flexibility index (Phi) is 11.1. The number of benzene rings is 5. The molecule has 1 aromatic heterocycles. The van der Waals surface area contributed by atoms with E-state index in [-0.39, 0.29) is 6.04 Å². The first-order chi connectivity index (χ1) is 24.3. The number of hydrazine groups is 1. The van der Waals surface area contributed by atoms with Crippen molar-refractivity contribution < 1.29 is 21.7 Å². The van der Waals surface area contributed by atoms with E-state index in [0.29, 0.717) is 0 Å². The topological polar surface area (TPSA) is 41.3 Å². The van der Waals surface area contributed by atoms with Crippen molar-refractivity contribution in [1.29, 1.82) is 0 Å². The summed E-state index contributed by atoms with van der Waals surface area (Å²) < 4.78 is 45.4. The SMILES string of the molecule is C1=C(c2ccccc2)C=C(c2ccccc2)N(NCCCc2nc(-c3ccccc3)c(-c3ccccc3)o2)C1c1ccccc1.F[B-](F)(F)F. The molecule has 4 nitrogen and oxygen atoms in total. The molecule has 0 spiro atoms. The summed E-state index contributed by atoms with van der Waals surface area (Å²) in [5.41, 5.74) is 12.7. The molecule has 0 aliphatic carbocycles. The molecule has 0 saturated carbocycles. The van der Waals surface area contributed by atoms with Crippen LogP contribution < -0.4 is 5.43 Å². The van der Waals surface area contributed by atoms with Crippen molar-refractivity contribution in [1.82, 2.24) is 15.4 Å². The Morgan fingerprint density at radius 1 is 0.620 bits per heavy atom. The molecule has 252 valence electrons. The third-order valence-corrected chi connectivity index (χ3v) is 8.09. The number of hydrogen-bond donors (Lipinski definition) is 1. The smallest absolute Gasteiger partial charge is 0.440 e. The number of halogens is 4. The van der Waals surface area contributed by atoms with Gasteiger partial charge in [0, 0.05) is 24.1 Å². The summed E-state index contributed by atoms with van der Waals surface area (Å²) in [5.74, 6) is 1.57. The zero-order chi connectivity index (χ0) is 34.8. The second-order valence-corrected chi connectivity index (χ2v) is 11.6. The first-order valence-electron chi connectivity index (χ1n) is 16.4. The molecule has 1 N–H and O–H groups in total. The fourth-order valence-corrected chi connectivity index (χ4v) is 5.87. The number of aryl methyl sites for hydroxylation is 1. The van der Waals surface area contributed by atoms with Gasteiger partial charge in [0.1, 0.15) is 5.69 Å². The molecule has 2 heterocycles. The summed E-state index contributed by atoms with van der Waals surface area (Å²) in [4.78, 5) is 4.98. The van der Waals surface area contributed by atoms with E-state index in [9.17, 15) is 17.3 Å². The number of oxazole rings is 1. The molecule has 5 aromatic carbocycles. The van der Waals surface area contributed by atoms with Crippen molar-refractivity contribution in [3.05, 3.63) is 186 Å². The van der Waals surface area contributed by atoms with Crippen molar-refractivity contribution in [2.45, 2.75) is 18.9 Å². The molecular formula is C41H35BF4N3O-. The predicted molar refractivity (Wildman–Crippen MR) is 194 cm³/mol. The Labute approximate surface area is 289 Å². The maximum absolute atomic E-state index is 9.75. The van der Waals surface area contributed by atoms with Crippen LogP contribution in [0.3, 0.4) is 0 Å². The van der Waals surface area contributed by atoms with Crippen LogP contribution in [0.5, 0.6) is 0 Å². The lowest BCUT2D eigenvalue weighted by atomic mass is 9.93. The van der Waals surface area contributed by atoms with Crippen molar-refractivity contribution in [2.24, 2.45) is 0 Å². The van der Waals surface area contributed by atoms with Gasteiger partial charge in [0.05, 0.1) is 11.7 Å². The van der Waals surface area contributed by atoms with Gasteiger partial charge in [-0.25, -0.2) is 10.4 Å². The molecule has 50 heavy (non-hydrogen) atoms. The van der Waals surface area contributed by atoms with E-state index >= 15 is 0 Å². The fraction of sp³-hybridized carbons (Fsp3) is 0.0976. The van der Waals surface area contributed by atoms with E-state index in [4.69, 9.17) is 9.40 Å². The van der Waals surface area contributed by atoms with E-state index in [1.54, 1.807) is 0 Å². The van der Waals surface area contributed by atoms with Crippen LogP contribution in [0.2, 0.25) is 0 Å². The lowest BCUT2D eigenvalue weighted by Crippen LogP contribution is -2.41. The minimum absolute atomic E-state index is 0.0118. The molecule has 0 radical (unpaired) electrons. The summed E-state index contributed by atoms with van der Waals surface area (Å²) in [7, 11) is -6.00. The number of aromatic nitrogens is 1. The van der Waals surface area contributed by atoms with Crippen molar-refractivity contribution in [3.8, 4) is 22.6 Å². The minimum Gasteiger partial charge on any atom is -0.440 e. The lowest BCUT2D eigenvalue weighted by Gasteiger charge is -2.38. The van der Waals surface area contributed by atoms with E-state index in [1.807, 2.05) is 36.4 Å². The second-order valence-electron chi connectivity index (χ2n) is 11.6. The first kappa shape index (κ1) is 34.2. The van der Waals surface area contributed by atoms with Crippen molar-refractivity contribution >= 4 is 18.5 Å². The molecule has 0 bridgehead atoms. The first-order valence-corrected chi connectivity index (χ1v) is 16.4. The fourth-order valence-electron chi connectivity index (χ4n) is 5.87. The number of allylic oxidation sites excluding steroid dienone is 2. The van der Waals surface area contributed by atoms with Gasteiger partial charge in [-0.2, -0.15) is 0 Å². The zero-order valence-electron chi connectivity index (χ0n) is 27.2. The van der Waals surface area contributed by atoms with E-state index in [2.05, 4.69) is 138 Å². The summed E-state index contributed by atoms with van der Waals surface area (Å²) in [5, 5.41) is 2.32. The van der Waals surface area contributed by atoms with Gasteiger partial charge in [-0.3, -0.25) is 5.01 Å². The maximum Gasteiger partial charge on any atom is 0.673 e. The third-order valence-electron chi connectivity index (χ3n) is 8.09. The highest BCUT2D eigenvalue weighted by molar-refractivity contribution is 6.50. The largest absolute Gasteiger partial charge is 0.673 e. The van der Waals surface area contributed by atoms with Crippen molar-refractivity contribution in [3.63, 3.8) is 0 Å². The molecule has 1 aliphatic heterocycles. The molecule has 7 rings (SSSR count). The van der Waals surface area contributed by atoms with Gasteiger partial charge in [-0.1, -0.05) is 152 Å². The van der Waals surface area contributed by atoms with Crippen LogP contribution in [0, 0.1) is 0 Å². The molecule has 0 fully saturated rings. The van der Waals surface area contributed by atoms with Gasteiger partial charge >= 0.3 is 7.25 Å². The van der Waals surface area contributed by atoms with Gasteiger partial charge < -0.3 is 21.7 Å². The third kappa shape index (κ3) is 9.06. The number of nitrogens with one attached hydrogen (secondary N) is 1. The van der Waals surface area contributed by atoms with Crippen LogP contribution in [-0.2, 0) is 6.42 Å². The summed E-state index contributed by atoms with van der Waals surface area (Å²) in [6.45, 7) is 0.756. The second kappa shape index (κ2) is 16.2. The molecule has 1 aliphatic rings. The molecule has 6 aromatic rings. The Morgan fingerprint density at radius 3 is 1.66 bits per heavy atom. The average Bonchev–Trinajstić information content (AvgIpc) is 3.59. The van der Waals surface area contributed by atoms with Crippen LogP contribution in [0.25, 0.3) is 33.9 Å². The van der Waals surface area contributed by atoms with Crippen LogP contribution in [0.4, 0.5) is 17.3 Å². The number of hydrogen-bond acceptors (Lipinski definition) is 4. The number of nitrogens with zero attached hydrogens (tertiary/aromatic N) is 2. The molecule has 0 amide bonds. The van der Waals surface area contributed by atoms with E-state index < -0.39 is 7.25 Å². The molecular weight excluding hydrogens is 637 g/mol. The van der Waals surface area contributed by atoms with Crippen LogP contribution in [0.15, 0.2) is 168 Å². The molecule has 9 heteroatoms. The van der Waals surface area contributed by atoms with Crippen molar-refractivity contribution in [2.75, 3.05) is 6.54 Å². The highest BCUT2D eigenvalue weighted by atomic mass is 19.5. The maximum atomic E-state index is 9.75. The van der Waals surface area contributed by atoms with Gasteiger partial charge in [0.15, 0.2) is 11.7 Å². The molecule has 1 unspecified atom stereocenters. The quantitative estimate of drug-likeness (QED) is 0.0894. The van der Waals surface area contributed by atoms with Crippen LogP contribution >= 0.6 is 0 Å². The molecule has 1 atom stereocenters. The van der Waals surface area contributed by atoms with E-state index in [1.165, 1.54) is 22.3 Å². The van der Waals surface area contributed by atoms with E-state index in [0.717, 1.165) is 53.6 Å². The Morgan fingerprint density at radius 2 is 1.10 bits per heavy atom. The van der Waals surface area contributed by atoms with Gasteiger partial charge in [-0.15, -0.1) is 0 Å². The number of rotatable bonds is 10. The zero-order valence-corrected chi connectivity index (χ0v) is 27.2. The highest BCUT2D eigenvalue weighted by Crippen LogP contribution is 2.38. The summed E-state index contributed by atoms with van der Waals surface area (Å²) >= 11 is 0. The standard InChI is InChI=1S/C41H35N3O.BF4/c1-6-17-31(18-7-1)36-29-37(32-19-8-2-9-20-32)44(38(30-36)33-21-10-3-11-22-33)42-28-16-27-39-43-40(34-23-12-4-13-24-34)41(45-39)35-25-14-5-15-26-35;2-1(3,4)5/h1-15,17-26,29-30,37,42H,16,27-28H2;/q;-1. The predicted octanol–water partition coefficient (Wildman–Crippen LogP) is 10.9. The Bertz CT molecular complexity index is 1940. The van der Waals surface area contributed by atoms with Crippen LogP contribution in [-0.4, -0.2) is 23.8 Å². The van der Waals surface area contributed by atoms with Gasteiger partial charge in [0.2, 0.25) is 0 Å². The van der Waals surface area contributed by atoms with Crippen LogP contribution in [0.1, 0.15) is 35.0 Å². The average molecular weight is 673 g/mol. The molecule has 0 saturated heterocycles. The normalized spacial score (nSPS) is 14.3. The summed E-state index contributed by atoms with van der Waals surface area (Å²) in [6.07, 6.45) is 6.23. The Hall–Kier alpha value is -5.67.